The lowest BCUT2D eigenvalue weighted by molar-refractivity contribution is -0.120. The molecule has 1 amide bonds. The highest BCUT2D eigenvalue weighted by Crippen LogP contribution is 2.23. The standard InChI is InChI=1S/C13H14N2OS/c1-2-14-12(16)8-11-9-17-13(15-11)10-6-4-3-5-7-10/h3-7,9H,2,8H2,1H3,(H,14,16). The SMILES string of the molecule is CCNC(=O)Cc1csc(-c2ccccc2)n1. The zero-order valence-electron chi connectivity index (χ0n) is 9.64. The number of nitrogens with zero attached hydrogens (tertiary/aromatic N) is 1. The molecule has 2 aromatic rings. The molecule has 0 saturated carbocycles. The Kier molecular flexibility index (Phi) is 3.88. The van der Waals surface area contributed by atoms with E-state index in [1.165, 1.54) is 0 Å². The maximum atomic E-state index is 11.4. The second-order valence-corrected chi connectivity index (χ2v) is 4.50. The molecular weight excluding hydrogens is 232 g/mol. The molecule has 2 rings (SSSR count). The summed E-state index contributed by atoms with van der Waals surface area (Å²) in [7, 11) is 0. The number of amides is 1. The van der Waals surface area contributed by atoms with Crippen LogP contribution in [-0.2, 0) is 11.2 Å². The molecule has 0 radical (unpaired) electrons. The third kappa shape index (κ3) is 3.14. The molecular formula is C13H14N2OS. The van der Waals surface area contributed by atoms with Gasteiger partial charge in [-0.2, -0.15) is 0 Å². The summed E-state index contributed by atoms with van der Waals surface area (Å²) < 4.78 is 0. The third-order valence-electron chi connectivity index (χ3n) is 2.29. The summed E-state index contributed by atoms with van der Waals surface area (Å²) in [4.78, 5) is 15.9. The number of hydrogen-bond donors (Lipinski definition) is 1. The van der Waals surface area contributed by atoms with E-state index in [1.807, 2.05) is 42.6 Å². The van der Waals surface area contributed by atoms with Gasteiger partial charge in [-0.05, 0) is 6.92 Å². The fraction of sp³-hybridized carbons (Fsp3) is 0.231. The molecule has 17 heavy (non-hydrogen) atoms. The van der Waals surface area contributed by atoms with Crippen molar-refractivity contribution in [2.45, 2.75) is 13.3 Å². The summed E-state index contributed by atoms with van der Waals surface area (Å²) in [6.45, 7) is 2.57. The summed E-state index contributed by atoms with van der Waals surface area (Å²) in [6, 6.07) is 10.00. The fourth-order valence-corrected chi connectivity index (χ4v) is 2.35. The number of thiazole rings is 1. The Balaban J connectivity index is 2.09. The van der Waals surface area contributed by atoms with E-state index in [4.69, 9.17) is 0 Å². The normalized spacial score (nSPS) is 10.2. The van der Waals surface area contributed by atoms with Crippen LogP contribution in [0.3, 0.4) is 0 Å². The van der Waals surface area contributed by atoms with E-state index in [2.05, 4.69) is 10.3 Å². The Hall–Kier alpha value is -1.68. The van der Waals surface area contributed by atoms with E-state index >= 15 is 0 Å². The van der Waals surface area contributed by atoms with Crippen LogP contribution < -0.4 is 5.32 Å². The Morgan fingerprint density at radius 2 is 2.12 bits per heavy atom. The van der Waals surface area contributed by atoms with Crippen molar-refractivity contribution in [1.29, 1.82) is 0 Å². The smallest absolute Gasteiger partial charge is 0.226 e. The Bertz CT molecular complexity index is 493. The quantitative estimate of drug-likeness (QED) is 0.900. The summed E-state index contributed by atoms with van der Waals surface area (Å²) in [5, 5.41) is 5.67. The highest BCUT2D eigenvalue weighted by molar-refractivity contribution is 7.13. The van der Waals surface area contributed by atoms with Crippen molar-refractivity contribution in [2.75, 3.05) is 6.54 Å². The molecule has 1 heterocycles. The minimum Gasteiger partial charge on any atom is -0.356 e. The summed E-state index contributed by atoms with van der Waals surface area (Å²) in [5.41, 5.74) is 1.93. The van der Waals surface area contributed by atoms with Gasteiger partial charge in [0.25, 0.3) is 0 Å². The van der Waals surface area contributed by atoms with Gasteiger partial charge in [0.05, 0.1) is 12.1 Å². The van der Waals surface area contributed by atoms with Crippen LogP contribution in [0.1, 0.15) is 12.6 Å². The highest BCUT2D eigenvalue weighted by Gasteiger charge is 2.07. The first-order valence-corrected chi connectivity index (χ1v) is 6.44. The molecule has 0 aliphatic heterocycles. The van der Waals surface area contributed by atoms with Gasteiger partial charge in [0.1, 0.15) is 5.01 Å². The molecule has 1 aromatic carbocycles. The van der Waals surface area contributed by atoms with Crippen molar-refractivity contribution in [3.8, 4) is 10.6 Å². The van der Waals surface area contributed by atoms with Crippen LogP contribution in [0.25, 0.3) is 10.6 Å². The Morgan fingerprint density at radius 1 is 1.35 bits per heavy atom. The number of nitrogens with one attached hydrogen (secondary N) is 1. The predicted octanol–water partition coefficient (Wildman–Crippen LogP) is 2.49. The van der Waals surface area contributed by atoms with E-state index in [-0.39, 0.29) is 5.91 Å². The highest BCUT2D eigenvalue weighted by atomic mass is 32.1. The molecule has 0 aliphatic carbocycles. The number of carbonyl (C=O) groups is 1. The maximum Gasteiger partial charge on any atom is 0.226 e. The zero-order valence-corrected chi connectivity index (χ0v) is 10.5. The van der Waals surface area contributed by atoms with Crippen LogP contribution in [0.15, 0.2) is 35.7 Å². The van der Waals surface area contributed by atoms with E-state index in [0.717, 1.165) is 16.3 Å². The predicted molar refractivity (Wildman–Crippen MR) is 69.9 cm³/mol. The molecule has 1 N–H and O–H groups in total. The topological polar surface area (TPSA) is 42.0 Å². The van der Waals surface area contributed by atoms with Crippen molar-refractivity contribution in [1.82, 2.24) is 10.3 Å². The first-order valence-electron chi connectivity index (χ1n) is 5.56. The monoisotopic (exact) mass is 246 g/mol. The van der Waals surface area contributed by atoms with Gasteiger partial charge >= 0.3 is 0 Å². The average molecular weight is 246 g/mol. The van der Waals surface area contributed by atoms with Crippen LogP contribution in [0, 0.1) is 0 Å². The van der Waals surface area contributed by atoms with Gasteiger partial charge in [-0.1, -0.05) is 30.3 Å². The molecule has 0 spiro atoms. The summed E-state index contributed by atoms with van der Waals surface area (Å²) in [6.07, 6.45) is 0.358. The van der Waals surface area contributed by atoms with Crippen molar-refractivity contribution in [3.63, 3.8) is 0 Å². The van der Waals surface area contributed by atoms with Gasteiger partial charge in [0.2, 0.25) is 5.91 Å². The number of aromatic nitrogens is 1. The van der Waals surface area contributed by atoms with E-state index in [1.54, 1.807) is 11.3 Å². The van der Waals surface area contributed by atoms with Crippen LogP contribution in [0.2, 0.25) is 0 Å². The molecule has 3 nitrogen and oxygen atoms in total. The Morgan fingerprint density at radius 3 is 2.82 bits per heavy atom. The zero-order chi connectivity index (χ0) is 12.1. The van der Waals surface area contributed by atoms with Gasteiger partial charge < -0.3 is 5.32 Å². The van der Waals surface area contributed by atoms with Crippen LogP contribution in [-0.4, -0.2) is 17.4 Å². The number of likely N-dealkylation sites (N-methyl/N-ethyl adjacent to an activating group) is 1. The molecule has 88 valence electrons. The molecule has 0 unspecified atom stereocenters. The molecule has 0 fully saturated rings. The number of carbonyl (C=O) groups excluding carboxylic acids is 1. The van der Waals surface area contributed by atoms with Crippen LogP contribution in [0.5, 0.6) is 0 Å². The van der Waals surface area contributed by atoms with E-state index in [9.17, 15) is 4.79 Å². The lowest BCUT2D eigenvalue weighted by Crippen LogP contribution is -2.24. The van der Waals surface area contributed by atoms with Crippen molar-refractivity contribution in [3.05, 3.63) is 41.4 Å². The second kappa shape index (κ2) is 5.59. The van der Waals surface area contributed by atoms with Gasteiger partial charge in [0, 0.05) is 17.5 Å². The van der Waals surface area contributed by atoms with Gasteiger partial charge in [-0.15, -0.1) is 11.3 Å². The molecule has 0 bridgehead atoms. The molecule has 0 aliphatic rings. The number of benzene rings is 1. The van der Waals surface area contributed by atoms with Crippen molar-refractivity contribution in [2.24, 2.45) is 0 Å². The van der Waals surface area contributed by atoms with E-state index < -0.39 is 0 Å². The fourth-order valence-electron chi connectivity index (χ4n) is 1.53. The van der Waals surface area contributed by atoms with Gasteiger partial charge in [-0.3, -0.25) is 4.79 Å². The first kappa shape index (κ1) is 11.8. The molecule has 1 aromatic heterocycles. The molecule has 4 heteroatoms. The number of rotatable bonds is 4. The molecule has 0 saturated heterocycles. The lowest BCUT2D eigenvalue weighted by Gasteiger charge is -1.98. The summed E-state index contributed by atoms with van der Waals surface area (Å²) >= 11 is 1.57. The minimum absolute atomic E-state index is 0.0254. The minimum atomic E-state index is 0.0254. The van der Waals surface area contributed by atoms with E-state index in [0.29, 0.717) is 13.0 Å². The third-order valence-corrected chi connectivity index (χ3v) is 3.23. The van der Waals surface area contributed by atoms with Crippen LogP contribution in [0.4, 0.5) is 0 Å². The summed E-state index contributed by atoms with van der Waals surface area (Å²) in [5.74, 6) is 0.0254. The number of hydrogen-bond acceptors (Lipinski definition) is 3. The van der Waals surface area contributed by atoms with Crippen LogP contribution >= 0.6 is 11.3 Å². The van der Waals surface area contributed by atoms with Gasteiger partial charge in [-0.25, -0.2) is 4.98 Å². The van der Waals surface area contributed by atoms with Crippen molar-refractivity contribution < 1.29 is 4.79 Å². The Labute approximate surface area is 105 Å². The van der Waals surface area contributed by atoms with Crippen molar-refractivity contribution >= 4 is 17.2 Å². The first-order chi connectivity index (χ1) is 8.29. The van der Waals surface area contributed by atoms with Gasteiger partial charge in [0.15, 0.2) is 0 Å². The largest absolute Gasteiger partial charge is 0.356 e. The maximum absolute atomic E-state index is 11.4. The second-order valence-electron chi connectivity index (χ2n) is 3.64. The molecule has 0 atom stereocenters. The average Bonchev–Trinajstić information content (AvgIpc) is 2.79. The lowest BCUT2D eigenvalue weighted by atomic mass is 10.2.